The molecular weight excluding hydrogens is 293 g/mol. The molecule has 0 unspecified atom stereocenters. The van der Waals surface area contributed by atoms with Gasteiger partial charge in [0.25, 0.3) is 0 Å². The fourth-order valence-corrected chi connectivity index (χ4v) is 2.96. The lowest BCUT2D eigenvalue weighted by Crippen LogP contribution is -2.34. The van der Waals surface area contributed by atoms with Crippen LogP contribution in [0.4, 0.5) is 13.2 Å². The lowest BCUT2D eigenvalue weighted by molar-refractivity contribution is -0.121. The number of alkyl halides is 3. The summed E-state index contributed by atoms with van der Waals surface area (Å²) in [4.78, 5) is -0.114. The van der Waals surface area contributed by atoms with Gasteiger partial charge in [0, 0.05) is 12.6 Å². The molecule has 1 aromatic carbocycles. The largest absolute Gasteiger partial charge is 0.402 e. The number of halogens is 3. The maximum atomic E-state index is 12.1. The summed E-state index contributed by atoms with van der Waals surface area (Å²) >= 11 is 0. The lowest BCUT2D eigenvalue weighted by atomic mass is 10.2. The van der Waals surface area contributed by atoms with Crippen LogP contribution in [0, 0.1) is 0 Å². The second kappa shape index (κ2) is 5.71. The van der Waals surface area contributed by atoms with E-state index in [1.54, 1.807) is 16.9 Å². The number of hydrogen-bond acceptors (Lipinski definition) is 3. The zero-order valence-electron chi connectivity index (χ0n) is 10.6. The van der Waals surface area contributed by atoms with Crippen LogP contribution in [0.2, 0.25) is 0 Å². The molecule has 0 bridgehead atoms. The minimum absolute atomic E-state index is 0.114. The highest BCUT2D eigenvalue weighted by Gasteiger charge is 2.31. The van der Waals surface area contributed by atoms with Crippen LogP contribution in [-0.4, -0.2) is 27.2 Å². The van der Waals surface area contributed by atoms with E-state index in [1.807, 2.05) is 0 Å². The fraction of sp³-hybridized carbons (Fsp3) is 0.500. The Balaban J connectivity index is 2.12. The molecule has 20 heavy (non-hydrogen) atoms. The number of rotatable bonds is 6. The van der Waals surface area contributed by atoms with Crippen LogP contribution in [0.3, 0.4) is 0 Å². The predicted molar refractivity (Wildman–Crippen MR) is 67.5 cm³/mol. The Labute approximate surface area is 115 Å². The highest BCUT2D eigenvalue weighted by atomic mass is 32.2. The van der Waals surface area contributed by atoms with Crippen LogP contribution in [0.5, 0.6) is 0 Å². The number of sulfonamides is 1. The van der Waals surface area contributed by atoms with Gasteiger partial charge in [-0.3, -0.25) is 0 Å². The Hall–Kier alpha value is -1.12. The van der Waals surface area contributed by atoms with Crippen molar-refractivity contribution in [2.24, 2.45) is 0 Å². The second-order valence-electron chi connectivity index (χ2n) is 4.70. The first-order valence-corrected chi connectivity index (χ1v) is 7.64. The maximum absolute atomic E-state index is 12.1. The van der Waals surface area contributed by atoms with Crippen molar-refractivity contribution in [2.45, 2.75) is 36.5 Å². The minimum atomic E-state index is -4.58. The molecule has 0 heterocycles. The van der Waals surface area contributed by atoms with Crippen LogP contribution in [0.15, 0.2) is 29.2 Å². The Bertz CT molecular complexity index is 568. The molecule has 112 valence electrons. The van der Waals surface area contributed by atoms with Gasteiger partial charge in [0.2, 0.25) is 10.0 Å². The van der Waals surface area contributed by atoms with E-state index in [1.165, 1.54) is 12.1 Å². The van der Waals surface area contributed by atoms with E-state index in [-0.39, 0.29) is 4.90 Å². The van der Waals surface area contributed by atoms with Gasteiger partial charge in [-0.2, -0.15) is 13.2 Å². The van der Waals surface area contributed by atoms with Crippen molar-refractivity contribution in [2.75, 3.05) is 6.54 Å². The van der Waals surface area contributed by atoms with Crippen molar-refractivity contribution in [3.05, 3.63) is 29.8 Å². The van der Waals surface area contributed by atoms with E-state index in [2.05, 4.69) is 5.32 Å². The quantitative estimate of drug-likeness (QED) is 0.842. The highest BCUT2D eigenvalue weighted by molar-refractivity contribution is 7.89. The standard InChI is InChI=1S/C12H15F3N2O2S/c13-12(14,15)8-17-20(18,19)11-4-2-1-3-9(11)7-16-10-5-6-10/h1-4,10,16-17H,5-8H2. The van der Waals surface area contributed by atoms with E-state index in [4.69, 9.17) is 0 Å². The first-order valence-electron chi connectivity index (χ1n) is 6.16. The van der Waals surface area contributed by atoms with Crippen molar-refractivity contribution >= 4 is 10.0 Å². The van der Waals surface area contributed by atoms with Crippen molar-refractivity contribution in [1.82, 2.24) is 10.0 Å². The van der Waals surface area contributed by atoms with Crippen LogP contribution in [-0.2, 0) is 16.6 Å². The zero-order chi connectivity index (χ0) is 14.8. The second-order valence-corrected chi connectivity index (χ2v) is 6.44. The van der Waals surface area contributed by atoms with Crippen LogP contribution in [0.1, 0.15) is 18.4 Å². The average molecular weight is 308 g/mol. The summed E-state index contributed by atoms with van der Waals surface area (Å²) in [5.41, 5.74) is 0.467. The average Bonchev–Trinajstić information content (AvgIpc) is 3.18. The van der Waals surface area contributed by atoms with Gasteiger partial charge in [-0.05, 0) is 24.5 Å². The van der Waals surface area contributed by atoms with Crippen LogP contribution in [0.25, 0.3) is 0 Å². The van der Waals surface area contributed by atoms with Gasteiger partial charge in [-0.15, -0.1) is 0 Å². The topological polar surface area (TPSA) is 58.2 Å². The number of hydrogen-bond donors (Lipinski definition) is 2. The minimum Gasteiger partial charge on any atom is -0.310 e. The molecule has 2 rings (SSSR count). The normalized spacial score (nSPS) is 16.4. The molecule has 0 aromatic heterocycles. The third-order valence-electron chi connectivity index (χ3n) is 2.88. The first-order chi connectivity index (χ1) is 9.28. The third-order valence-corrected chi connectivity index (χ3v) is 4.38. The van der Waals surface area contributed by atoms with Gasteiger partial charge in [-0.1, -0.05) is 18.2 Å². The Morgan fingerprint density at radius 3 is 2.45 bits per heavy atom. The molecule has 1 aliphatic rings. The SMILES string of the molecule is O=S(=O)(NCC(F)(F)F)c1ccccc1CNC1CC1. The van der Waals surface area contributed by atoms with Gasteiger partial charge in [0.1, 0.15) is 6.54 Å². The summed E-state index contributed by atoms with van der Waals surface area (Å²) in [6.07, 6.45) is -2.49. The Morgan fingerprint density at radius 1 is 1.20 bits per heavy atom. The molecule has 1 aliphatic carbocycles. The molecule has 2 N–H and O–H groups in total. The zero-order valence-corrected chi connectivity index (χ0v) is 11.4. The summed E-state index contributed by atoms with van der Waals surface area (Å²) in [6.45, 7) is -1.24. The molecular formula is C12H15F3N2O2S. The Morgan fingerprint density at radius 2 is 1.85 bits per heavy atom. The van der Waals surface area contributed by atoms with Gasteiger partial charge in [0.15, 0.2) is 0 Å². The van der Waals surface area contributed by atoms with Gasteiger partial charge in [0.05, 0.1) is 4.90 Å². The maximum Gasteiger partial charge on any atom is 0.402 e. The van der Waals surface area contributed by atoms with Gasteiger partial charge >= 0.3 is 6.18 Å². The Kier molecular flexibility index (Phi) is 4.36. The third kappa shape index (κ3) is 4.46. The molecule has 0 radical (unpaired) electrons. The molecule has 0 saturated heterocycles. The van der Waals surface area contributed by atoms with Crippen molar-refractivity contribution < 1.29 is 21.6 Å². The smallest absolute Gasteiger partial charge is 0.310 e. The van der Waals surface area contributed by atoms with E-state index in [0.29, 0.717) is 18.2 Å². The lowest BCUT2D eigenvalue weighted by Gasteiger charge is -2.13. The first kappa shape index (κ1) is 15.3. The van der Waals surface area contributed by atoms with Crippen molar-refractivity contribution in [3.8, 4) is 0 Å². The molecule has 1 saturated carbocycles. The predicted octanol–water partition coefficient (Wildman–Crippen LogP) is 1.78. The van der Waals surface area contributed by atoms with E-state index in [0.717, 1.165) is 12.8 Å². The molecule has 4 nitrogen and oxygen atoms in total. The van der Waals surface area contributed by atoms with E-state index >= 15 is 0 Å². The van der Waals surface area contributed by atoms with Gasteiger partial charge < -0.3 is 5.32 Å². The van der Waals surface area contributed by atoms with E-state index < -0.39 is 22.7 Å². The molecule has 1 fully saturated rings. The summed E-state index contributed by atoms with van der Waals surface area (Å²) < 4.78 is 61.8. The van der Waals surface area contributed by atoms with Crippen molar-refractivity contribution in [3.63, 3.8) is 0 Å². The summed E-state index contributed by atoms with van der Waals surface area (Å²) in [5, 5.41) is 3.14. The van der Waals surface area contributed by atoms with Crippen LogP contribution >= 0.6 is 0 Å². The van der Waals surface area contributed by atoms with Crippen molar-refractivity contribution in [1.29, 1.82) is 0 Å². The monoisotopic (exact) mass is 308 g/mol. The number of benzene rings is 1. The molecule has 0 atom stereocenters. The number of nitrogens with one attached hydrogen (secondary N) is 2. The summed E-state index contributed by atoms with van der Waals surface area (Å²) in [6, 6.07) is 6.43. The molecule has 0 spiro atoms. The summed E-state index contributed by atoms with van der Waals surface area (Å²) in [5.74, 6) is 0. The van der Waals surface area contributed by atoms with E-state index in [9.17, 15) is 21.6 Å². The molecule has 1 aromatic rings. The van der Waals surface area contributed by atoms with Crippen LogP contribution < -0.4 is 10.0 Å². The summed E-state index contributed by atoms with van der Waals surface area (Å²) in [7, 11) is -4.16. The molecule has 8 heteroatoms. The highest BCUT2D eigenvalue weighted by Crippen LogP contribution is 2.22. The molecule has 0 amide bonds. The molecule has 0 aliphatic heterocycles. The fourth-order valence-electron chi connectivity index (χ4n) is 1.71. The van der Waals surface area contributed by atoms with Gasteiger partial charge in [-0.25, -0.2) is 13.1 Å².